The van der Waals surface area contributed by atoms with E-state index in [9.17, 15) is 9.59 Å². The normalized spacial score (nSPS) is 11.6. The number of methoxy groups -OCH3 is 2. The van der Waals surface area contributed by atoms with Crippen molar-refractivity contribution in [2.45, 2.75) is 52.9 Å². The number of nitrogens with one attached hydrogen (secondary N) is 1. The lowest BCUT2D eigenvalue weighted by molar-refractivity contribution is -0.110. The molecule has 4 rings (SSSR count). The number of ether oxygens (including phenoxy) is 2. The molecule has 38 heavy (non-hydrogen) atoms. The summed E-state index contributed by atoms with van der Waals surface area (Å²) in [7, 11) is 3.02. The second kappa shape index (κ2) is 12.1. The summed E-state index contributed by atoms with van der Waals surface area (Å²) < 4.78 is 14.0. The summed E-state index contributed by atoms with van der Waals surface area (Å²) in [4.78, 5) is 26.5. The Morgan fingerprint density at radius 3 is 2.29 bits per heavy atom. The smallest absolute Gasteiger partial charge is 0.335 e. The summed E-state index contributed by atoms with van der Waals surface area (Å²) in [6, 6.07) is 15.9. The Hall–Kier alpha value is -3.89. The molecular weight excluding hydrogens is 484 g/mol. The van der Waals surface area contributed by atoms with E-state index in [4.69, 9.17) is 9.47 Å². The number of aromatic amines is 1. The first-order valence-corrected chi connectivity index (χ1v) is 12.7. The fourth-order valence-corrected chi connectivity index (χ4v) is 4.60. The molecular formula is C28H34N6O4. The number of tetrazole rings is 1. The molecule has 10 nitrogen and oxygen atoms in total. The van der Waals surface area contributed by atoms with Crippen LogP contribution in [0.2, 0.25) is 0 Å². The number of hydrogen-bond acceptors (Lipinski definition) is 7. The minimum atomic E-state index is -0.828. The molecule has 0 spiro atoms. The molecule has 0 bridgehead atoms. The number of carbonyl (C=O) groups is 1. The Bertz CT molecular complexity index is 1420. The van der Waals surface area contributed by atoms with Crippen LogP contribution in [0.3, 0.4) is 0 Å². The predicted molar refractivity (Wildman–Crippen MR) is 144 cm³/mol. The summed E-state index contributed by atoms with van der Waals surface area (Å²) in [5, 5.41) is 14.4. The van der Waals surface area contributed by atoms with Gasteiger partial charge in [0, 0.05) is 31.9 Å². The number of carbonyl (C=O) groups excluding carboxylic acids is 1. The fourth-order valence-electron chi connectivity index (χ4n) is 4.60. The molecule has 1 N–H and O–H groups in total. The van der Waals surface area contributed by atoms with E-state index >= 15 is 0 Å². The first-order chi connectivity index (χ1) is 18.4. The van der Waals surface area contributed by atoms with Gasteiger partial charge in [0.2, 0.25) is 18.0 Å². The molecule has 0 atom stereocenters. The maximum atomic E-state index is 13.6. The number of imidazole rings is 1. The molecule has 0 aliphatic heterocycles. The zero-order valence-electron chi connectivity index (χ0n) is 22.5. The second-order valence-electron chi connectivity index (χ2n) is 9.50. The van der Waals surface area contributed by atoms with Crippen LogP contribution >= 0.6 is 0 Å². The van der Waals surface area contributed by atoms with E-state index in [1.54, 1.807) is 11.5 Å². The highest BCUT2D eigenvalue weighted by molar-refractivity contribution is 5.80. The molecule has 0 saturated carbocycles. The second-order valence-corrected chi connectivity index (χ2v) is 9.50. The lowest BCUT2D eigenvalue weighted by atomic mass is 9.98. The van der Waals surface area contributed by atoms with Gasteiger partial charge >= 0.3 is 5.69 Å². The third-order valence-electron chi connectivity index (χ3n) is 6.57. The molecule has 10 heteroatoms. The van der Waals surface area contributed by atoms with Crippen molar-refractivity contribution >= 4 is 5.91 Å². The van der Waals surface area contributed by atoms with E-state index < -0.39 is 6.29 Å². The number of hydrogen-bond donors (Lipinski definition) is 1. The van der Waals surface area contributed by atoms with Crippen LogP contribution in [0.1, 0.15) is 61.6 Å². The average molecular weight is 519 g/mol. The van der Waals surface area contributed by atoms with Gasteiger partial charge < -0.3 is 9.47 Å². The third kappa shape index (κ3) is 5.51. The van der Waals surface area contributed by atoms with Crippen molar-refractivity contribution in [3.63, 3.8) is 0 Å². The molecule has 0 unspecified atom stereocenters. The minimum Gasteiger partial charge on any atom is -0.350 e. The summed E-state index contributed by atoms with van der Waals surface area (Å²) in [6.07, 6.45) is 0.828. The highest BCUT2D eigenvalue weighted by Gasteiger charge is 2.29. The molecule has 2 heterocycles. The van der Waals surface area contributed by atoms with E-state index in [1.807, 2.05) is 48.5 Å². The monoisotopic (exact) mass is 518 g/mol. The van der Waals surface area contributed by atoms with Gasteiger partial charge in [-0.05, 0) is 40.7 Å². The number of rotatable bonds is 11. The van der Waals surface area contributed by atoms with Crippen LogP contribution in [0.15, 0.2) is 53.3 Å². The molecule has 2 aromatic heterocycles. The highest BCUT2D eigenvalue weighted by Crippen LogP contribution is 2.30. The summed E-state index contributed by atoms with van der Waals surface area (Å²) in [5.41, 5.74) is 4.60. The molecule has 0 radical (unpaired) electrons. The van der Waals surface area contributed by atoms with Crippen LogP contribution in [-0.2, 0) is 22.4 Å². The molecule has 0 amide bonds. The van der Waals surface area contributed by atoms with Gasteiger partial charge in [-0.2, -0.15) is 5.21 Å². The Balaban J connectivity index is 1.75. The standard InChI is InChI=1S/C28H34N6O4/c1-6-24(35)34-25(27(37-4)38-5)23(16-11-18(2)3)33(28(34)36)17-19-12-14-20(15-13-19)21-9-7-8-10-22(21)26-29-31-32-30-26/h7-10,12-15,18,27H,6,11,16-17H2,1-5H3,(H,29,30,31,32). The van der Waals surface area contributed by atoms with Crippen LogP contribution in [-0.4, -0.2) is 49.9 Å². The lowest BCUT2D eigenvalue weighted by Gasteiger charge is -2.18. The van der Waals surface area contributed by atoms with Gasteiger partial charge in [-0.1, -0.05) is 69.3 Å². The maximum absolute atomic E-state index is 13.6. The summed E-state index contributed by atoms with van der Waals surface area (Å²) in [6.45, 7) is 6.32. The van der Waals surface area contributed by atoms with Crippen LogP contribution in [0.4, 0.5) is 0 Å². The van der Waals surface area contributed by atoms with Crippen LogP contribution in [0.5, 0.6) is 0 Å². The molecule has 0 aliphatic carbocycles. The quantitative estimate of drug-likeness (QED) is 0.291. The topological polar surface area (TPSA) is 117 Å². The van der Waals surface area contributed by atoms with Crippen LogP contribution in [0.25, 0.3) is 22.5 Å². The predicted octanol–water partition coefficient (Wildman–Crippen LogP) is 4.48. The van der Waals surface area contributed by atoms with Gasteiger partial charge in [-0.25, -0.2) is 9.36 Å². The average Bonchev–Trinajstić information content (AvgIpc) is 3.56. The van der Waals surface area contributed by atoms with Crippen molar-refractivity contribution in [3.8, 4) is 22.5 Å². The Labute approximate surface area is 221 Å². The molecule has 2 aromatic carbocycles. The van der Waals surface area contributed by atoms with Gasteiger partial charge in [0.15, 0.2) is 0 Å². The number of H-pyrrole nitrogens is 1. The van der Waals surface area contributed by atoms with Crippen LogP contribution in [0, 0.1) is 5.92 Å². The van der Waals surface area contributed by atoms with E-state index in [0.717, 1.165) is 34.4 Å². The number of benzene rings is 2. The first kappa shape index (κ1) is 27.2. The molecule has 200 valence electrons. The molecule has 4 aromatic rings. The molecule has 0 saturated heterocycles. The van der Waals surface area contributed by atoms with E-state index in [0.29, 0.717) is 30.4 Å². The van der Waals surface area contributed by atoms with E-state index in [-0.39, 0.29) is 18.0 Å². The highest BCUT2D eigenvalue weighted by atomic mass is 16.7. The third-order valence-corrected chi connectivity index (χ3v) is 6.57. The van der Waals surface area contributed by atoms with Gasteiger partial charge in [0.05, 0.1) is 6.54 Å². The summed E-state index contributed by atoms with van der Waals surface area (Å²) >= 11 is 0. The maximum Gasteiger partial charge on any atom is 0.335 e. The molecule has 0 aliphatic rings. The van der Waals surface area contributed by atoms with Gasteiger partial charge in [0.1, 0.15) is 5.69 Å². The first-order valence-electron chi connectivity index (χ1n) is 12.7. The van der Waals surface area contributed by atoms with Crippen molar-refractivity contribution in [3.05, 3.63) is 76.0 Å². The van der Waals surface area contributed by atoms with Crippen molar-refractivity contribution in [1.82, 2.24) is 29.8 Å². The van der Waals surface area contributed by atoms with E-state index in [2.05, 4.69) is 34.5 Å². The van der Waals surface area contributed by atoms with Gasteiger partial charge in [0.25, 0.3) is 0 Å². The van der Waals surface area contributed by atoms with Crippen molar-refractivity contribution in [1.29, 1.82) is 0 Å². The van der Waals surface area contributed by atoms with Crippen molar-refractivity contribution < 1.29 is 14.3 Å². The largest absolute Gasteiger partial charge is 0.350 e. The van der Waals surface area contributed by atoms with E-state index in [1.165, 1.54) is 18.8 Å². The lowest BCUT2D eigenvalue weighted by Crippen LogP contribution is -2.31. The van der Waals surface area contributed by atoms with Gasteiger partial charge in [-0.3, -0.25) is 9.36 Å². The van der Waals surface area contributed by atoms with Crippen LogP contribution < -0.4 is 5.69 Å². The zero-order valence-corrected chi connectivity index (χ0v) is 22.5. The Morgan fingerprint density at radius 2 is 1.71 bits per heavy atom. The number of nitrogens with zero attached hydrogens (tertiary/aromatic N) is 5. The number of aromatic nitrogens is 6. The molecule has 0 fully saturated rings. The Morgan fingerprint density at radius 1 is 1.03 bits per heavy atom. The SMILES string of the molecule is CCC(=O)n1c(C(OC)OC)c(CCC(C)C)n(Cc2ccc(-c3ccccc3-c3nn[nH]n3)cc2)c1=O. The summed E-state index contributed by atoms with van der Waals surface area (Å²) in [5.74, 6) is 0.645. The Kier molecular flexibility index (Phi) is 8.65. The van der Waals surface area contributed by atoms with Gasteiger partial charge in [-0.15, -0.1) is 10.2 Å². The fraction of sp³-hybridized carbons (Fsp3) is 0.393. The zero-order chi connectivity index (χ0) is 27.2. The van der Waals surface area contributed by atoms with Crippen molar-refractivity contribution in [2.24, 2.45) is 5.92 Å². The minimum absolute atomic E-state index is 0.190. The van der Waals surface area contributed by atoms with Crippen molar-refractivity contribution in [2.75, 3.05) is 14.2 Å².